The zero-order valence-corrected chi connectivity index (χ0v) is 12.6. The fourth-order valence-corrected chi connectivity index (χ4v) is 3.79. The van der Waals surface area contributed by atoms with Gasteiger partial charge >= 0.3 is 0 Å². The van der Waals surface area contributed by atoms with Gasteiger partial charge in [0, 0.05) is 6.54 Å². The number of aliphatic hydroxyl groups is 3. The van der Waals surface area contributed by atoms with Crippen molar-refractivity contribution in [3.8, 4) is 0 Å². The van der Waals surface area contributed by atoms with Crippen LogP contribution in [0.15, 0.2) is 17.3 Å². The van der Waals surface area contributed by atoms with Gasteiger partial charge in [-0.1, -0.05) is 17.8 Å². The molecule has 2 saturated heterocycles. The largest absolute Gasteiger partial charge is 0.516 e. The number of fused-ring (bicyclic) bond motifs is 1. The molecule has 2 heterocycles. The standard InChI is InChI=1S/C14H22N2O4S/c17-6-2-1-3-9-11(18)12(19)10-13(20-9)21-14(16-10)15-7-8-4-5-8/h2,6,8-13,17-19H,1,3-5,7H2,(H,15,16)/t9-,10+,11+,12+,13+/m0/s1. The summed E-state index contributed by atoms with van der Waals surface area (Å²) in [6, 6.07) is -0.312. The fourth-order valence-electron chi connectivity index (χ4n) is 2.64. The van der Waals surface area contributed by atoms with E-state index in [1.807, 2.05) is 0 Å². The number of hydrogen-bond acceptors (Lipinski definition) is 6. The van der Waals surface area contributed by atoms with E-state index in [9.17, 15) is 10.2 Å². The van der Waals surface area contributed by atoms with Crippen LogP contribution in [0.1, 0.15) is 25.7 Å². The maximum atomic E-state index is 10.3. The van der Waals surface area contributed by atoms with E-state index in [2.05, 4.69) is 10.3 Å². The van der Waals surface area contributed by atoms with Gasteiger partial charge in [-0.05, 0) is 31.6 Å². The van der Waals surface area contributed by atoms with E-state index >= 15 is 0 Å². The van der Waals surface area contributed by atoms with Gasteiger partial charge < -0.3 is 25.4 Å². The van der Waals surface area contributed by atoms with E-state index in [-0.39, 0.29) is 11.5 Å². The summed E-state index contributed by atoms with van der Waals surface area (Å²) in [6.07, 6.45) is 4.06. The highest BCUT2D eigenvalue weighted by Crippen LogP contribution is 2.36. The zero-order chi connectivity index (χ0) is 14.8. The molecule has 0 radical (unpaired) electrons. The van der Waals surface area contributed by atoms with Crippen molar-refractivity contribution >= 4 is 16.9 Å². The second-order valence-corrected chi connectivity index (χ2v) is 6.95. The van der Waals surface area contributed by atoms with E-state index in [1.54, 1.807) is 6.08 Å². The van der Waals surface area contributed by atoms with Gasteiger partial charge in [-0.25, -0.2) is 0 Å². The second-order valence-electron chi connectivity index (χ2n) is 5.86. The number of rotatable bonds is 5. The monoisotopic (exact) mass is 314 g/mol. The highest BCUT2D eigenvalue weighted by molar-refractivity contribution is 8.14. The molecule has 7 heteroatoms. The normalized spacial score (nSPS) is 41.4. The lowest BCUT2D eigenvalue weighted by atomic mass is 9.95. The summed E-state index contributed by atoms with van der Waals surface area (Å²) < 4.78 is 5.89. The SMILES string of the molecule is OC=CCC[C@@H]1O[C@@H]2SC(=NCC3CC3)N[C@@H]2[C@@H](O)[C@@H]1O. The molecule has 0 spiro atoms. The van der Waals surface area contributed by atoms with Gasteiger partial charge in [0.1, 0.15) is 17.6 Å². The molecule has 0 aromatic heterocycles. The molecule has 0 aromatic rings. The molecule has 6 nitrogen and oxygen atoms in total. The summed E-state index contributed by atoms with van der Waals surface area (Å²) in [5.74, 6) is 0.719. The molecule has 2 aliphatic heterocycles. The fraction of sp³-hybridized carbons (Fsp3) is 0.786. The molecule has 3 rings (SSSR count). The van der Waals surface area contributed by atoms with Crippen molar-refractivity contribution in [1.29, 1.82) is 0 Å². The van der Waals surface area contributed by atoms with E-state index in [1.165, 1.54) is 24.6 Å². The first kappa shape index (κ1) is 15.1. The third-order valence-electron chi connectivity index (χ3n) is 4.13. The molecule has 5 atom stereocenters. The molecular formula is C14H22N2O4S. The Morgan fingerprint density at radius 3 is 2.86 bits per heavy atom. The van der Waals surface area contributed by atoms with Crippen molar-refractivity contribution < 1.29 is 20.1 Å². The molecular weight excluding hydrogens is 292 g/mol. The second kappa shape index (κ2) is 6.56. The number of aliphatic imine (C=N–C) groups is 1. The van der Waals surface area contributed by atoms with Crippen molar-refractivity contribution in [2.75, 3.05) is 6.54 Å². The van der Waals surface area contributed by atoms with E-state index < -0.39 is 18.3 Å². The third-order valence-corrected chi connectivity index (χ3v) is 5.24. The Morgan fingerprint density at radius 1 is 1.33 bits per heavy atom. The Hall–Kier alpha value is -0.760. The molecule has 21 heavy (non-hydrogen) atoms. The van der Waals surface area contributed by atoms with Crippen molar-refractivity contribution in [2.45, 2.75) is 55.5 Å². The molecule has 118 valence electrons. The summed E-state index contributed by atoms with van der Waals surface area (Å²) in [7, 11) is 0. The summed E-state index contributed by atoms with van der Waals surface area (Å²) >= 11 is 1.49. The van der Waals surface area contributed by atoms with Crippen molar-refractivity contribution in [3.05, 3.63) is 12.3 Å². The lowest BCUT2D eigenvalue weighted by Gasteiger charge is -2.38. The highest BCUT2D eigenvalue weighted by atomic mass is 32.2. The van der Waals surface area contributed by atoms with Gasteiger partial charge in [0.15, 0.2) is 5.17 Å². The Kier molecular flexibility index (Phi) is 4.73. The molecule has 3 aliphatic rings. The van der Waals surface area contributed by atoms with Crippen molar-refractivity contribution in [3.63, 3.8) is 0 Å². The van der Waals surface area contributed by atoms with E-state index in [0.717, 1.165) is 23.9 Å². The van der Waals surface area contributed by atoms with Gasteiger partial charge in [-0.3, -0.25) is 4.99 Å². The zero-order valence-electron chi connectivity index (χ0n) is 11.8. The van der Waals surface area contributed by atoms with Crippen LogP contribution >= 0.6 is 11.8 Å². The van der Waals surface area contributed by atoms with Gasteiger partial charge in [0.2, 0.25) is 0 Å². The summed E-state index contributed by atoms with van der Waals surface area (Å²) in [5, 5.41) is 33.0. The van der Waals surface area contributed by atoms with Crippen LogP contribution < -0.4 is 5.32 Å². The number of amidine groups is 1. The average molecular weight is 314 g/mol. The van der Waals surface area contributed by atoms with Crippen LogP contribution in [0.4, 0.5) is 0 Å². The van der Waals surface area contributed by atoms with Crippen molar-refractivity contribution in [1.82, 2.24) is 5.32 Å². The lowest BCUT2D eigenvalue weighted by molar-refractivity contribution is -0.157. The van der Waals surface area contributed by atoms with Crippen LogP contribution in [0, 0.1) is 5.92 Å². The molecule has 4 N–H and O–H groups in total. The smallest absolute Gasteiger partial charge is 0.159 e. The quantitative estimate of drug-likeness (QED) is 0.560. The summed E-state index contributed by atoms with van der Waals surface area (Å²) in [6.45, 7) is 0.831. The van der Waals surface area contributed by atoms with Crippen LogP contribution in [-0.4, -0.2) is 56.8 Å². The molecule has 1 aliphatic carbocycles. The average Bonchev–Trinajstić information content (AvgIpc) is 3.22. The number of ether oxygens (including phenoxy) is 1. The lowest BCUT2D eigenvalue weighted by Crippen LogP contribution is -2.58. The number of nitrogens with zero attached hydrogens (tertiary/aromatic N) is 1. The van der Waals surface area contributed by atoms with Crippen LogP contribution in [-0.2, 0) is 4.74 Å². The van der Waals surface area contributed by atoms with Crippen LogP contribution in [0.2, 0.25) is 0 Å². The number of hydrogen-bond donors (Lipinski definition) is 4. The first-order chi connectivity index (χ1) is 10.2. The Bertz CT molecular complexity index is 427. The molecule has 0 amide bonds. The van der Waals surface area contributed by atoms with Crippen molar-refractivity contribution in [2.24, 2.45) is 10.9 Å². The van der Waals surface area contributed by atoms with E-state index in [0.29, 0.717) is 12.8 Å². The van der Waals surface area contributed by atoms with Crippen LogP contribution in [0.3, 0.4) is 0 Å². The predicted molar refractivity (Wildman–Crippen MR) is 81.2 cm³/mol. The maximum Gasteiger partial charge on any atom is 0.159 e. The highest BCUT2D eigenvalue weighted by Gasteiger charge is 2.48. The van der Waals surface area contributed by atoms with Gasteiger partial charge in [-0.2, -0.15) is 0 Å². The van der Waals surface area contributed by atoms with Crippen LogP contribution in [0.25, 0.3) is 0 Å². The molecule has 1 saturated carbocycles. The van der Waals surface area contributed by atoms with Crippen LogP contribution in [0.5, 0.6) is 0 Å². The molecule has 0 unspecified atom stereocenters. The minimum atomic E-state index is -0.922. The van der Waals surface area contributed by atoms with E-state index in [4.69, 9.17) is 9.84 Å². The Labute approximate surface area is 128 Å². The third kappa shape index (κ3) is 3.53. The number of aliphatic hydroxyl groups excluding tert-OH is 3. The molecule has 0 bridgehead atoms. The maximum absolute atomic E-state index is 10.3. The number of allylic oxidation sites excluding steroid dienone is 1. The minimum Gasteiger partial charge on any atom is -0.516 e. The topological polar surface area (TPSA) is 94.3 Å². The first-order valence-corrected chi connectivity index (χ1v) is 8.35. The first-order valence-electron chi connectivity index (χ1n) is 7.47. The van der Waals surface area contributed by atoms with Gasteiger partial charge in [0.25, 0.3) is 0 Å². The number of thioether (sulfide) groups is 1. The molecule has 0 aromatic carbocycles. The Morgan fingerprint density at radius 2 is 2.14 bits per heavy atom. The summed E-state index contributed by atoms with van der Waals surface area (Å²) in [4.78, 5) is 4.52. The summed E-state index contributed by atoms with van der Waals surface area (Å²) in [5.41, 5.74) is -0.218. The van der Waals surface area contributed by atoms with Gasteiger partial charge in [0.05, 0.1) is 18.4 Å². The Balaban J connectivity index is 1.59. The number of nitrogens with one attached hydrogen (secondary N) is 1. The predicted octanol–water partition coefficient (Wildman–Crippen LogP) is 0.756. The molecule has 3 fully saturated rings. The van der Waals surface area contributed by atoms with Gasteiger partial charge in [-0.15, -0.1) is 0 Å². The minimum absolute atomic E-state index is 0.218.